The topological polar surface area (TPSA) is 62.1 Å². The lowest BCUT2D eigenvalue weighted by Crippen LogP contribution is -2.16. The van der Waals surface area contributed by atoms with Crippen LogP contribution in [0.3, 0.4) is 0 Å². The second-order valence-electron chi connectivity index (χ2n) is 4.71. The van der Waals surface area contributed by atoms with Crippen LogP contribution in [0, 0.1) is 0 Å². The van der Waals surface area contributed by atoms with Crippen molar-refractivity contribution in [3.8, 4) is 22.2 Å². The van der Waals surface area contributed by atoms with E-state index in [1.165, 1.54) is 0 Å². The maximum absolute atomic E-state index is 5.61. The largest absolute Gasteiger partial charge is 0.486 e. The lowest BCUT2D eigenvalue weighted by molar-refractivity contribution is 0.171. The molecule has 4 rings (SSSR count). The van der Waals surface area contributed by atoms with Gasteiger partial charge in [0.2, 0.25) is 5.82 Å². The number of nitrogens with zero attached hydrogens (tertiary/aromatic N) is 4. The SMILES string of the molecule is Brc1cc2c(cc1Cn1nnc(-c3cccs3)n1)OCCO2. The molecule has 0 aliphatic carbocycles. The Kier molecular flexibility index (Phi) is 3.55. The highest BCUT2D eigenvalue weighted by atomic mass is 79.9. The zero-order chi connectivity index (χ0) is 14.9. The van der Waals surface area contributed by atoms with Gasteiger partial charge in [-0.2, -0.15) is 4.80 Å². The summed E-state index contributed by atoms with van der Waals surface area (Å²) in [6.07, 6.45) is 0. The van der Waals surface area contributed by atoms with E-state index < -0.39 is 0 Å². The van der Waals surface area contributed by atoms with E-state index in [0.717, 1.165) is 26.4 Å². The Balaban J connectivity index is 1.61. The minimum absolute atomic E-state index is 0.510. The molecule has 112 valence electrons. The maximum atomic E-state index is 5.61. The summed E-state index contributed by atoms with van der Waals surface area (Å²) in [5, 5.41) is 14.6. The first kappa shape index (κ1) is 13.7. The van der Waals surface area contributed by atoms with Gasteiger partial charge in [-0.25, -0.2) is 0 Å². The zero-order valence-corrected chi connectivity index (χ0v) is 13.8. The van der Waals surface area contributed by atoms with Crippen molar-refractivity contribution in [2.24, 2.45) is 0 Å². The van der Waals surface area contributed by atoms with E-state index in [1.807, 2.05) is 29.6 Å². The number of hydrogen-bond acceptors (Lipinski definition) is 6. The Morgan fingerprint density at radius 1 is 1.23 bits per heavy atom. The molecule has 8 heteroatoms. The van der Waals surface area contributed by atoms with Gasteiger partial charge in [0.25, 0.3) is 0 Å². The van der Waals surface area contributed by atoms with Gasteiger partial charge in [-0.1, -0.05) is 22.0 Å². The van der Waals surface area contributed by atoms with E-state index >= 15 is 0 Å². The first-order valence-electron chi connectivity index (χ1n) is 6.69. The van der Waals surface area contributed by atoms with Gasteiger partial charge in [0, 0.05) is 4.47 Å². The fourth-order valence-electron chi connectivity index (χ4n) is 2.19. The van der Waals surface area contributed by atoms with Crippen LogP contribution in [0.2, 0.25) is 0 Å². The van der Waals surface area contributed by atoms with Crippen LogP contribution < -0.4 is 9.47 Å². The van der Waals surface area contributed by atoms with Crippen LogP contribution in [0.15, 0.2) is 34.1 Å². The second kappa shape index (κ2) is 5.69. The Morgan fingerprint density at radius 2 is 2.05 bits per heavy atom. The predicted molar refractivity (Wildman–Crippen MR) is 85.4 cm³/mol. The summed E-state index contributed by atoms with van der Waals surface area (Å²) in [4.78, 5) is 2.58. The minimum Gasteiger partial charge on any atom is -0.486 e. The third-order valence-electron chi connectivity index (χ3n) is 3.22. The normalized spacial score (nSPS) is 13.3. The highest BCUT2D eigenvalue weighted by Crippen LogP contribution is 2.35. The van der Waals surface area contributed by atoms with Crippen molar-refractivity contribution in [3.05, 3.63) is 39.7 Å². The molecule has 0 spiro atoms. The van der Waals surface area contributed by atoms with Gasteiger partial charge in [0.1, 0.15) is 13.2 Å². The number of benzene rings is 1. The summed E-state index contributed by atoms with van der Waals surface area (Å²) in [7, 11) is 0. The number of thiophene rings is 1. The number of halogens is 1. The average Bonchev–Trinajstić information content (AvgIpc) is 3.18. The summed E-state index contributed by atoms with van der Waals surface area (Å²) in [6.45, 7) is 1.65. The van der Waals surface area contributed by atoms with Crippen LogP contribution in [-0.2, 0) is 6.54 Å². The third-order valence-corrected chi connectivity index (χ3v) is 4.82. The van der Waals surface area contributed by atoms with Crippen molar-refractivity contribution in [1.82, 2.24) is 20.2 Å². The number of aromatic nitrogens is 4. The summed E-state index contributed by atoms with van der Waals surface area (Å²) in [5.74, 6) is 2.15. The molecule has 1 aromatic carbocycles. The molecule has 0 saturated carbocycles. The number of ether oxygens (including phenoxy) is 2. The summed E-state index contributed by atoms with van der Waals surface area (Å²) in [6, 6.07) is 7.82. The molecule has 1 aliphatic heterocycles. The van der Waals surface area contributed by atoms with Crippen LogP contribution in [0.1, 0.15) is 5.56 Å². The van der Waals surface area contributed by atoms with Crippen molar-refractivity contribution in [2.75, 3.05) is 13.2 Å². The van der Waals surface area contributed by atoms with Crippen molar-refractivity contribution < 1.29 is 9.47 Å². The molecule has 0 N–H and O–H groups in total. The zero-order valence-electron chi connectivity index (χ0n) is 11.4. The predicted octanol–water partition coefficient (Wildman–Crippen LogP) is 2.98. The van der Waals surface area contributed by atoms with E-state index in [1.54, 1.807) is 16.1 Å². The van der Waals surface area contributed by atoms with E-state index in [0.29, 0.717) is 25.6 Å². The van der Waals surface area contributed by atoms with Crippen molar-refractivity contribution in [1.29, 1.82) is 0 Å². The summed E-state index contributed by atoms with van der Waals surface area (Å²) in [5.41, 5.74) is 1.01. The van der Waals surface area contributed by atoms with Crippen LogP contribution >= 0.6 is 27.3 Å². The number of fused-ring (bicyclic) bond motifs is 1. The maximum Gasteiger partial charge on any atom is 0.214 e. The minimum atomic E-state index is 0.510. The first-order valence-corrected chi connectivity index (χ1v) is 8.36. The molecule has 6 nitrogen and oxygen atoms in total. The van der Waals surface area contributed by atoms with Crippen LogP contribution in [0.5, 0.6) is 11.5 Å². The van der Waals surface area contributed by atoms with Crippen molar-refractivity contribution in [2.45, 2.75) is 6.54 Å². The molecule has 2 aromatic heterocycles. The van der Waals surface area contributed by atoms with Crippen LogP contribution in [0.4, 0.5) is 0 Å². The quantitative estimate of drug-likeness (QED) is 0.700. The third kappa shape index (κ3) is 2.59. The van der Waals surface area contributed by atoms with Crippen LogP contribution in [-0.4, -0.2) is 33.4 Å². The molecule has 1 aliphatic rings. The highest BCUT2D eigenvalue weighted by molar-refractivity contribution is 9.10. The summed E-state index contributed by atoms with van der Waals surface area (Å²) < 4.78 is 12.1. The van der Waals surface area contributed by atoms with E-state index in [4.69, 9.17) is 9.47 Å². The van der Waals surface area contributed by atoms with Gasteiger partial charge in [0.05, 0.1) is 11.4 Å². The van der Waals surface area contributed by atoms with Crippen LogP contribution in [0.25, 0.3) is 10.7 Å². The molecule has 0 bridgehead atoms. The number of hydrogen-bond donors (Lipinski definition) is 0. The first-order chi connectivity index (χ1) is 10.8. The molecule has 0 atom stereocenters. The molecule has 0 fully saturated rings. The molecular formula is C14H11BrN4O2S. The van der Waals surface area contributed by atoms with Gasteiger partial charge < -0.3 is 9.47 Å². The second-order valence-corrected chi connectivity index (χ2v) is 6.51. The molecule has 3 heterocycles. The molecule has 0 saturated heterocycles. The highest BCUT2D eigenvalue weighted by Gasteiger charge is 2.16. The van der Waals surface area contributed by atoms with Gasteiger partial charge in [-0.15, -0.1) is 21.5 Å². The molecule has 3 aromatic rings. The number of rotatable bonds is 3. The molecular weight excluding hydrogens is 368 g/mol. The Labute approximate surface area is 138 Å². The Hall–Kier alpha value is -1.93. The molecule has 0 radical (unpaired) electrons. The monoisotopic (exact) mass is 378 g/mol. The fraction of sp³-hybridized carbons (Fsp3) is 0.214. The van der Waals surface area contributed by atoms with Gasteiger partial charge in [-0.3, -0.25) is 0 Å². The fourth-order valence-corrected chi connectivity index (χ4v) is 3.29. The number of tetrazole rings is 1. The smallest absolute Gasteiger partial charge is 0.214 e. The lowest BCUT2D eigenvalue weighted by Gasteiger charge is -2.19. The standard InChI is InChI=1S/C14H11BrN4O2S/c15-10-7-12-11(20-3-4-21-12)6-9(10)8-19-17-14(16-18-19)13-2-1-5-22-13/h1-2,5-7H,3-4,8H2. The van der Waals surface area contributed by atoms with Crippen molar-refractivity contribution >= 4 is 27.3 Å². The summed E-state index contributed by atoms with van der Waals surface area (Å²) >= 11 is 5.15. The van der Waals surface area contributed by atoms with Gasteiger partial charge >= 0.3 is 0 Å². The van der Waals surface area contributed by atoms with Crippen molar-refractivity contribution in [3.63, 3.8) is 0 Å². The Bertz CT molecular complexity index is 803. The molecule has 0 amide bonds. The van der Waals surface area contributed by atoms with Gasteiger partial charge in [0.15, 0.2) is 11.5 Å². The Morgan fingerprint density at radius 3 is 2.82 bits per heavy atom. The van der Waals surface area contributed by atoms with E-state index in [2.05, 4.69) is 31.3 Å². The molecule has 0 unspecified atom stereocenters. The molecule has 22 heavy (non-hydrogen) atoms. The van der Waals surface area contributed by atoms with Gasteiger partial charge in [-0.05, 0) is 34.4 Å². The average molecular weight is 379 g/mol. The van der Waals surface area contributed by atoms with E-state index in [9.17, 15) is 0 Å². The lowest BCUT2D eigenvalue weighted by atomic mass is 10.2. The van der Waals surface area contributed by atoms with E-state index in [-0.39, 0.29) is 0 Å².